The molecular formula is C11H15N3O. The fourth-order valence-corrected chi connectivity index (χ4v) is 1.92. The van der Waals surface area contributed by atoms with E-state index in [0.717, 1.165) is 24.5 Å². The molecule has 0 bridgehead atoms. The maximum atomic E-state index is 5.28. The minimum absolute atomic E-state index is 0.546. The third-order valence-corrected chi connectivity index (χ3v) is 2.93. The molecule has 3 rings (SSSR count). The van der Waals surface area contributed by atoms with Crippen LogP contribution in [-0.2, 0) is 0 Å². The smallest absolute Gasteiger partial charge is 0.254 e. The fourth-order valence-electron chi connectivity index (χ4n) is 1.92. The molecule has 2 aliphatic rings. The van der Waals surface area contributed by atoms with Gasteiger partial charge in [-0.2, -0.15) is 4.98 Å². The van der Waals surface area contributed by atoms with Gasteiger partial charge in [0.1, 0.15) is 0 Å². The SMILES string of the molecule is C[C@@H]1C=C(c2nc(C3CC3)no2)CNC1. The molecule has 80 valence electrons. The number of nitrogens with zero attached hydrogens (tertiary/aromatic N) is 2. The molecule has 1 saturated carbocycles. The summed E-state index contributed by atoms with van der Waals surface area (Å²) in [6, 6.07) is 0. The minimum atomic E-state index is 0.546. The summed E-state index contributed by atoms with van der Waals surface area (Å²) in [4.78, 5) is 4.44. The fraction of sp³-hybridized carbons (Fsp3) is 0.636. The Morgan fingerprint density at radius 2 is 2.33 bits per heavy atom. The first kappa shape index (κ1) is 9.09. The molecule has 0 radical (unpaired) electrons. The van der Waals surface area contributed by atoms with Crippen molar-refractivity contribution in [2.45, 2.75) is 25.7 Å². The van der Waals surface area contributed by atoms with Gasteiger partial charge in [-0.05, 0) is 18.8 Å². The zero-order chi connectivity index (χ0) is 10.3. The summed E-state index contributed by atoms with van der Waals surface area (Å²) in [6.07, 6.45) is 4.65. The lowest BCUT2D eigenvalue weighted by Crippen LogP contribution is -2.27. The molecule has 1 aliphatic heterocycles. The first-order valence-electron chi connectivity index (χ1n) is 5.58. The molecule has 0 saturated heterocycles. The predicted octanol–water partition coefficient (Wildman–Crippen LogP) is 1.57. The Hall–Kier alpha value is -1.16. The molecule has 15 heavy (non-hydrogen) atoms. The van der Waals surface area contributed by atoms with E-state index in [2.05, 4.69) is 28.5 Å². The Bertz CT molecular complexity index is 392. The maximum absolute atomic E-state index is 5.28. The summed E-state index contributed by atoms with van der Waals surface area (Å²) in [5.74, 6) is 2.71. The standard InChI is InChI=1S/C11H15N3O/c1-7-4-9(6-12-5-7)11-13-10(14-15-11)8-2-3-8/h4,7-8,12H,2-3,5-6H2,1H3/t7-/m1/s1. The van der Waals surface area contributed by atoms with E-state index in [-0.39, 0.29) is 0 Å². The van der Waals surface area contributed by atoms with Crippen LogP contribution in [0, 0.1) is 5.92 Å². The van der Waals surface area contributed by atoms with Crippen molar-refractivity contribution in [3.8, 4) is 0 Å². The number of nitrogens with one attached hydrogen (secondary N) is 1. The van der Waals surface area contributed by atoms with Crippen LogP contribution < -0.4 is 5.32 Å². The van der Waals surface area contributed by atoms with E-state index in [1.807, 2.05) is 0 Å². The molecule has 4 nitrogen and oxygen atoms in total. The average molecular weight is 205 g/mol. The van der Waals surface area contributed by atoms with Gasteiger partial charge in [0.05, 0.1) is 0 Å². The molecular weight excluding hydrogens is 190 g/mol. The van der Waals surface area contributed by atoms with Crippen LogP contribution in [-0.4, -0.2) is 23.2 Å². The second-order valence-electron chi connectivity index (χ2n) is 4.53. The third-order valence-electron chi connectivity index (χ3n) is 2.93. The number of hydrogen-bond donors (Lipinski definition) is 1. The highest BCUT2D eigenvalue weighted by molar-refractivity contribution is 5.61. The van der Waals surface area contributed by atoms with Crippen molar-refractivity contribution in [1.29, 1.82) is 0 Å². The second kappa shape index (κ2) is 3.45. The number of rotatable bonds is 2. The van der Waals surface area contributed by atoms with Gasteiger partial charge in [0.15, 0.2) is 5.82 Å². The zero-order valence-corrected chi connectivity index (χ0v) is 8.86. The molecule has 1 aromatic heterocycles. The molecule has 1 N–H and O–H groups in total. The lowest BCUT2D eigenvalue weighted by atomic mass is 10.0. The Morgan fingerprint density at radius 3 is 3.07 bits per heavy atom. The van der Waals surface area contributed by atoms with Crippen molar-refractivity contribution in [3.63, 3.8) is 0 Å². The van der Waals surface area contributed by atoms with Gasteiger partial charge in [-0.15, -0.1) is 0 Å². The lowest BCUT2D eigenvalue weighted by Gasteiger charge is -2.16. The summed E-state index contributed by atoms with van der Waals surface area (Å²) in [5.41, 5.74) is 1.15. The van der Waals surface area contributed by atoms with Gasteiger partial charge < -0.3 is 9.84 Å². The summed E-state index contributed by atoms with van der Waals surface area (Å²) in [5, 5.41) is 7.36. The number of aromatic nitrogens is 2. The van der Waals surface area contributed by atoms with Gasteiger partial charge in [0.25, 0.3) is 5.89 Å². The molecule has 1 aliphatic carbocycles. The zero-order valence-electron chi connectivity index (χ0n) is 8.86. The van der Waals surface area contributed by atoms with Gasteiger partial charge in [-0.3, -0.25) is 0 Å². The highest BCUT2D eigenvalue weighted by Gasteiger charge is 2.29. The van der Waals surface area contributed by atoms with Gasteiger partial charge >= 0.3 is 0 Å². The first-order chi connectivity index (χ1) is 7.33. The van der Waals surface area contributed by atoms with Crippen LogP contribution >= 0.6 is 0 Å². The number of hydrogen-bond acceptors (Lipinski definition) is 4. The van der Waals surface area contributed by atoms with Crippen molar-refractivity contribution in [2.24, 2.45) is 5.92 Å². The first-order valence-corrected chi connectivity index (χ1v) is 5.58. The van der Waals surface area contributed by atoms with Crippen LogP contribution in [0.3, 0.4) is 0 Å². The minimum Gasteiger partial charge on any atom is -0.334 e. The van der Waals surface area contributed by atoms with Crippen LogP contribution in [0.4, 0.5) is 0 Å². The quantitative estimate of drug-likeness (QED) is 0.796. The van der Waals surface area contributed by atoms with E-state index >= 15 is 0 Å². The summed E-state index contributed by atoms with van der Waals surface area (Å²) < 4.78 is 5.28. The average Bonchev–Trinajstić information content (AvgIpc) is 2.97. The molecule has 1 atom stereocenters. The van der Waals surface area contributed by atoms with E-state index in [1.165, 1.54) is 12.8 Å². The largest absolute Gasteiger partial charge is 0.334 e. The summed E-state index contributed by atoms with van der Waals surface area (Å²) in [6.45, 7) is 4.06. The van der Waals surface area contributed by atoms with Gasteiger partial charge in [-0.1, -0.05) is 18.2 Å². The molecule has 1 fully saturated rings. The lowest BCUT2D eigenvalue weighted by molar-refractivity contribution is 0.397. The highest BCUT2D eigenvalue weighted by atomic mass is 16.5. The predicted molar refractivity (Wildman–Crippen MR) is 56.3 cm³/mol. The van der Waals surface area contributed by atoms with Crippen molar-refractivity contribution in [3.05, 3.63) is 17.8 Å². The maximum Gasteiger partial charge on any atom is 0.254 e. The highest BCUT2D eigenvalue weighted by Crippen LogP contribution is 2.38. The van der Waals surface area contributed by atoms with E-state index in [4.69, 9.17) is 4.52 Å². The summed E-state index contributed by atoms with van der Waals surface area (Å²) >= 11 is 0. The molecule has 0 spiro atoms. The van der Waals surface area contributed by atoms with Crippen LogP contribution in [0.1, 0.15) is 37.4 Å². The van der Waals surface area contributed by atoms with Crippen molar-refractivity contribution < 1.29 is 4.52 Å². The summed E-state index contributed by atoms with van der Waals surface area (Å²) in [7, 11) is 0. The topological polar surface area (TPSA) is 51.0 Å². The second-order valence-corrected chi connectivity index (χ2v) is 4.53. The Labute approximate surface area is 88.7 Å². The van der Waals surface area contributed by atoms with Gasteiger partial charge in [0, 0.05) is 24.6 Å². The Balaban J connectivity index is 1.84. The van der Waals surface area contributed by atoms with Gasteiger partial charge in [-0.25, -0.2) is 0 Å². The Kier molecular flexibility index (Phi) is 2.09. The van der Waals surface area contributed by atoms with Crippen LogP contribution in [0.25, 0.3) is 5.57 Å². The van der Waals surface area contributed by atoms with Crippen LogP contribution in [0.15, 0.2) is 10.6 Å². The van der Waals surface area contributed by atoms with Crippen molar-refractivity contribution in [1.82, 2.24) is 15.5 Å². The Morgan fingerprint density at radius 1 is 1.47 bits per heavy atom. The molecule has 4 heteroatoms. The van der Waals surface area contributed by atoms with E-state index in [0.29, 0.717) is 17.7 Å². The van der Waals surface area contributed by atoms with E-state index < -0.39 is 0 Å². The monoisotopic (exact) mass is 205 g/mol. The third kappa shape index (κ3) is 1.81. The van der Waals surface area contributed by atoms with E-state index in [1.54, 1.807) is 0 Å². The van der Waals surface area contributed by atoms with Crippen molar-refractivity contribution in [2.75, 3.05) is 13.1 Å². The van der Waals surface area contributed by atoms with Crippen LogP contribution in [0.5, 0.6) is 0 Å². The molecule has 2 heterocycles. The molecule has 1 aromatic rings. The van der Waals surface area contributed by atoms with E-state index in [9.17, 15) is 0 Å². The van der Waals surface area contributed by atoms with Crippen molar-refractivity contribution >= 4 is 5.57 Å². The molecule has 0 aromatic carbocycles. The van der Waals surface area contributed by atoms with Gasteiger partial charge in [0.2, 0.25) is 0 Å². The molecule has 0 amide bonds. The van der Waals surface area contributed by atoms with Crippen LogP contribution in [0.2, 0.25) is 0 Å². The molecule has 0 unspecified atom stereocenters. The normalized spacial score (nSPS) is 26.5.